The van der Waals surface area contributed by atoms with Crippen molar-refractivity contribution in [2.75, 3.05) is 5.32 Å². The molecule has 1 heterocycles. The number of alkyl halides is 2. The highest BCUT2D eigenvalue weighted by atomic mass is 32.2. The van der Waals surface area contributed by atoms with E-state index in [0.29, 0.717) is 11.9 Å². The molecule has 0 fully saturated rings. The number of nitrogens with zero attached hydrogens (tertiary/aromatic N) is 3. The fraction of sp³-hybridized carbons (Fsp3) is 0.412. The third kappa shape index (κ3) is 3.28. The molecule has 0 saturated heterocycles. The van der Waals surface area contributed by atoms with E-state index in [4.69, 9.17) is 5.14 Å². The number of nitrogens with two attached hydrogens (primary N) is 1. The molecule has 1 aromatic carbocycles. The number of rotatable bonds is 3. The van der Waals surface area contributed by atoms with E-state index in [1.54, 1.807) is 0 Å². The van der Waals surface area contributed by atoms with Crippen LogP contribution in [0.2, 0.25) is 0 Å². The summed E-state index contributed by atoms with van der Waals surface area (Å²) in [5, 5.41) is 10.3. The molecule has 2 aliphatic carbocycles. The molecule has 1 atom stereocenters. The number of fused-ring (bicyclic) bond motifs is 2. The van der Waals surface area contributed by atoms with Crippen molar-refractivity contribution in [2.24, 2.45) is 9.50 Å². The van der Waals surface area contributed by atoms with Crippen molar-refractivity contribution in [3.63, 3.8) is 0 Å². The molecule has 0 bridgehead atoms. The van der Waals surface area contributed by atoms with Crippen molar-refractivity contribution >= 4 is 21.6 Å². The van der Waals surface area contributed by atoms with Gasteiger partial charge in [-0.2, -0.15) is 13.9 Å². The van der Waals surface area contributed by atoms with Crippen molar-refractivity contribution in [1.82, 2.24) is 9.78 Å². The summed E-state index contributed by atoms with van der Waals surface area (Å²) in [6, 6.07) is 1.16. The van der Waals surface area contributed by atoms with Gasteiger partial charge in [-0.3, -0.25) is 0 Å². The van der Waals surface area contributed by atoms with Gasteiger partial charge in [0.15, 0.2) is 15.7 Å². The Bertz CT molecular complexity index is 1060. The van der Waals surface area contributed by atoms with Gasteiger partial charge in [-0.1, -0.05) is 6.07 Å². The molecule has 7 nitrogen and oxygen atoms in total. The molecule has 0 spiro atoms. The predicted octanol–water partition coefficient (Wildman–Crippen LogP) is 3.33. The molecule has 2 amide bonds. The highest BCUT2D eigenvalue weighted by Gasteiger charge is 2.26. The number of amides is 2. The number of anilines is 1. The number of aromatic nitrogens is 2. The van der Waals surface area contributed by atoms with E-state index >= 15 is 0 Å². The summed E-state index contributed by atoms with van der Waals surface area (Å²) < 4.78 is 55.0. The average Bonchev–Trinajstić information content (AvgIpc) is 3.32. The quantitative estimate of drug-likeness (QED) is 0.807. The number of hydrogen-bond donors (Lipinski definition) is 2. The first-order valence-electron chi connectivity index (χ1n) is 8.81. The molecule has 28 heavy (non-hydrogen) atoms. The van der Waals surface area contributed by atoms with E-state index in [0.717, 1.165) is 49.7 Å². The number of benzene rings is 1. The minimum Gasteiger partial charge on any atom is -0.305 e. The highest BCUT2D eigenvalue weighted by molar-refractivity contribution is 7.91. The van der Waals surface area contributed by atoms with Gasteiger partial charge in [0.1, 0.15) is 0 Å². The molecular weight excluding hydrogens is 395 g/mol. The molecular formula is C17H18F3N5O2S. The topological polar surface area (TPSA) is 102 Å². The van der Waals surface area contributed by atoms with Gasteiger partial charge in [-0.25, -0.2) is 23.2 Å². The fourth-order valence-electron chi connectivity index (χ4n) is 3.91. The maximum absolute atomic E-state index is 13.8. The Morgan fingerprint density at radius 2 is 1.82 bits per heavy atom. The number of hydrogen-bond acceptors (Lipinski definition) is 3. The minimum atomic E-state index is -4.13. The first-order chi connectivity index (χ1) is 13.3. The van der Waals surface area contributed by atoms with Crippen LogP contribution in [0.4, 0.5) is 23.7 Å². The number of nitrogens with one attached hydrogen (secondary N) is 1. The molecule has 0 unspecified atom stereocenters. The van der Waals surface area contributed by atoms with E-state index in [2.05, 4.69) is 20.8 Å². The van der Waals surface area contributed by atoms with Crippen LogP contribution >= 0.6 is 0 Å². The van der Waals surface area contributed by atoms with Gasteiger partial charge in [0, 0.05) is 5.69 Å². The lowest BCUT2D eigenvalue weighted by Crippen LogP contribution is -2.20. The van der Waals surface area contributed by atoms with Gasteiger partial charge in [0.2, 0.25) is 5.03 Å². The summed E-state index contributed by atoms with van der Waals surface area (Å²) in [6.07, 6.45) is 5.77. The van der Waals surface area contributed by atoms with Crippen molar-refractivity contribution in [1.29, 1.82) is 0 Å². The number of halogens is 3. The van der Waals surface area contributed by atoms with Crippen molar-refractivity contribution in [3.8, 4) is 0 Å². The Labute approximate surface area is 159 Å². The normalized spacial score (nSPS) is 17.3. The molecule has 4 rings (SSSR count). The monoisotopic (exact) mass is 413 g/mol. The maximum Gasteiger partial charge on any atom is 0.354 e. The van der Waals surface area contributed by atoms with Gasteiger partial charge < -0.3 is 5.32 Å². The zero-order valence-corrected chi connectivity index (χ0v) is 15.6. The number of aryl methyl sites for hydroxylation is 2. The smallest absolute Gasteiger partial charge is 0.305 e. The lowest BCUT2D eigenvalue weighted by molar-refractivity contribution is 0.0552. The molecule has 11 heteroatoms. The molecule has 1 aromatic heterocycles. The molecule has 150 valence electrons. The lowest BCUT2D eigenvalue weighted by atomic mass is 9.99. The number of carbonyl (C=O) groups is 1. The second-order valence-electron chi connectivity index (χ2n) is 6.86. The summed E-state index contributed by atoms with van der Waals surface area (Å²) in [5.74, 6) is -1.31. The molecule has 3 N–H and O–H groups in total. The minimum absolute atomic E-state index is 0.0262. The average molecular weight is 413 g/mol. The summed E-state index contributed by atoms with van der Waals surface area (Å²) in [4.78, 5) is 12.4. The van der Waals surface area contributed by atoms with Crippen LogP contribution in [0, 0.1) is 5.82 Å². The van der Waals surface area contributed by atoms with Crippen LogP contribution in [0.3, 0.4) is 0 Å². The Morgan fingerprint density at radius 3 is 2.36 bits per heavy atom. The fourth-order valence-corrected chi connectivity index (χ4v) is 4.84. The Hall–Kier alpha value is -2.40. The zero-order chi connectivity index (χ0) is 20.1. The van der Waals surface area contributed by atoms with Crippen LogP contribution in [0.25, 0.3) is 0 Å². The molecule has 0 radical (unpaired) electrons. The van der Waals surface area contributed by atoms with Crippen molar-refractivity contribution in [2.45, 2.75) is 50.1 Å². The van der Waals surface area contributed by atoms with Gasteiger partial charge >= 0.3 is 12.6 Å². The summed E-state index contributed by atoms with van der Waals surface area (Å²) in [6.45, 7) is -3.14. The Kier molecular flexibility index (Phi) is 4.66. The number of urea groups is 1. The van der Waals surface area contributed by atoms with Crippen molar-refractivity contribution in [3.05, 3.63) is 40.3 Å². The second-order valence-corrected chi connectivity index (χ2v) is 8.57. The first kappa shape index (κ1) is 18.9. The van der Waals surface area contributed by atoms with Crippen molar-refractivity contribution < 1.29 is 22.2 Å². The summed E-state index contributed by atoms with van der Waals surface area (Å²) in [5.41, 5.74) is 5.06. The van der Waals surface area contributed by atoms with Gasteiger partial charge in [0.25, 0.3) is 0 Å². The van der Waals surface area contributed by atoms with E-state index in [9.17, 15) is 22.2 Å². The van der Waals surface area contributed by atoms with Gasteiger partial charge in [0.05, 0.1) is 6.20 Å². The zero-order valence-electron chi connectivity index (χ0n) is 14.8. The molecule has 2 aromatic rings. The van der Waals surface area contributed by atoms with Gasteiger partial charge in [-0.15, -0.1) is 4.36 Å². The largest absolute Gasteiger partial charge is 0.354 e. The highest BCUT2D eigenvalue weighted by Crippen LogP contribution is 2.38. The summed E-state index contributed by atoms with van der Waals surface area (Å²) >= 11 is 0. The second kappa shape index (κ2) is 6.89. The van der Waals surface area contributed by atoms with E-state index < -0.39 is 33.3 Å². The van der Waals surface area contributed by atoms with Crippen LogP contribution in [0.1, 0.15) is 41.6 Å². The van der Waals surface area contributed by atoms with Crippen LogP contribution in [0.5, 0.6) is 0 Å². The van der Waals surface area contributed by atoms with Gasteiger partial charge in [-0.05, 0) is 60.8 Å². The van der Waals surface area contributed by atoms with E-state index in [1.165, 1.54) is 11.1 Å². The summed E-state index contributed by atoms with van der Waals surface area (Å²) in [7, 11) is -4.13. The standard InChI is InChI=1S/C17H18F3N5O2S/c18-13-8-25(16(19)20)23-15(13)28(21,27)24-17(26)22-14-11-5-1-3-9(11)7-10-4-2-6-12(10)14/h7-8,16H,1-6H2,(H3,21,22,24,26,27)/t28-/m0/s1. The molecule has 2 aliphatic rings. The SMILES string of the molecule is N[S@](=O)(=NC(=O)Nc1c2c(cc3c1CCC3)CCC2)c1nn(C(F)F)cc1F. The van der Waals surface area contributed by atoms with Crippen LogP contribution < -0.4 is 10.5 Å². The third-order valence-electron chi connectivity index (χ3n) is 5.06. The predicted molar refractivity (Wildman–Crippen MR) is 96.0 cm³/mol. The molecule has 0 saturated carbocycles. The van der Waals surface area contributed by atoms with Crippen LogP contribution in [-0.4, -0.2) is 20.0 Å². The molecule has 0 aliphatic heterocycles. The lowest BCUT2D eigenvalue weighted by Gasteiger charge is -2.15. The number of carbonyl (C=O) groups excluding carboxylic acids is 1. The maximum atomic E-state index is 13.8. The van der Waals surface area contributed by atoms with E-state index in [-0.39, 0.29) is 4.68 Å². The van der Waals surface area contributed by atoms with Crippen LogP contribution in [-0.2, 0) is 35.6 Å². The Balaban J connectivity index is 1.68. The van der Waals surface area contributed by atoms with E-state index in [1.807, 2.05) is 0 Å². The first-order valence-corrected chi connectivity index (χ1v) is 10.4. The Morgan fingerprint density at radius 1 is 1.21 bits per heavy atom. The van der Waals surface area contributed by atoms with Crippen LogP contribution in [0.15, 0.2) is 21.7 Å². The third-order valence-corrected chi connectivity index (χ3v) is 6.32.